The van der Waals surface area contributed by atoms with E-state index in [4.69, 9.17) is 10.5 Å². The molecule has 0 aromatic rings. The summed E-state index contributed by atoms with van der Waals surface area (Å²) in [5, 5.41) is 2.90. The number of carbonyl (C=O) groups is 2. The number of ether oxygens (including phenoxy) is 1. The van der Waals surface area contributed by atoms with E-state index in [0.717, 1.165) is 54.8 Å². The Labute approximate surface area is 242 Å². The maximum atomic E-state index is 12.6. The van der Waals surface area contributed by atoms with Crippen LogP contribution in [-0.2, 0) is 14.3 Å². The molecule has 0 heterocycles. The van der Waals surface area contributed by atoms with Crippen molar-refractivity contribution >= 4 is 23.6 Å². The van der Waals surface area contributed by atoms with Crippen LogP contribution in [-0.4, -0.2) is 42.6 Å². The number of hydrogen-bond donors (Lipinski definition) is 2. The molecular formula is C33H56N2O3S. The van der Waals surface area contributed by atoms with Gasteiger partial charge in [-0.2, -0.15) is 0 Å². The van der Waals surface area contributed by atoms with E-state index in [0.29, 0.717) is 11.2 Å². The van der Waals surface area contributed by atoms with Crippen molar-refractivity contribution in [1.29, 1.82) is 0 Å². The molecular weight excluding hydrogens is 504 g/mol. The third-order valence-corrected chi connectivity index (χ3v) is 12.8. The highest BCUT2D eigenvalue weighted by atomic mass is 32.2. The van der Waals surface area contributed by atoms with Gasteiger partial charge in [0.1, 0.15) is 6.10 Å². The predicted octanol–water partition coefficient (Wildman–Crippen LogP) is 6.75. The minimum atomic E-state index is -0.417. The monoisotopic (exact) mass is 560 g/mol. The van der Waals surface area contributed by atoms with Gasteiger partial charge in [0.05, 0.1) is 11.8 Å². The van der Waals surface area contributed by atoms with Crippen molar-refractivity contribution in [3.63, 3.8) is 0 Å². The number of hydrogen-bond acceptors (Lipinski definition) is 5. The van der Waals surface area contributed by atoms with E-state index in [1.54, 1.807) is 12.6 Å². The first kappa shape index (κ1) is 30.9. The first-order valence-electron chi connectivity index (χ1n) is 15.9. The molecule has 0 saturated heterocycles. The molecule has 0 bridgehead atoms. The maximum absolute atomic E-state index is 12.6. The molecule has 6 heteroatoms. The van der Waals surface area contributed by atoms with Gasteiger partial charge in [-0.05, 0) is 98.3 Å². The van der Waals surface area contributed by atoms with Crippen LogP contribution < -0.4 is 11.1 Å². The second-order valence-corrected chi connectivity index (χ2v) is 15.4. The van der Waals surface area contributed by atoms with Gasteiger partial charge < -0.3 is 15.8 Å². The van der Waals surface area contributed by atoms with Gasteiger partial charge in [0.25, 0.3) is 0 Å². The maximum Gasteiger partial charge on any atom is 0.316 e. The molecule has 4 rings (SSSR count). The highest BCUT2D eigenvalue weighted by Gasteiger charge is 2.59. The Morgan fingerprint density at radius 3 is 2.56 bits per heavy atom. The summed E-state index contributed by atoms with van der Waals surface area (Å²) in [7, 11) is 1.71. The Balaban J connectivity index is 1.33. The minimum absolute atomic E-state index is 0.0124. The standard InChI is InChI=1S/C33H56N2O3S/c1-21(2)8-7-9-22(3)26-12-13-27-25-11-10-23-18-24(38-30(36)20-39-19-29(35-6)31(34)37)14-16-32(23,4)28(25)15-17-33(26,27)5/h10,21-22,24-29,35H,7-9,11-20H2,1-6H3,(H2,34,37)/t22-,24-,25-,26+,27+,28+,29?,32-,33+/m0/s1. The van der Waals surface area contributed by atoms with Crippen LogP contribution in [0.2, 0.25) is 0 Å². The summed E-state index contributed by atoms with van der Waals surface area (Å²) in [5.74, 6) is 5.23. The lowest BCUT2D eigenvalue weighted by molar-refractivity contribution is -0.148. The van der Waals surface area contributed by atoms with Crippen LogP contribution in [0.4, 0.5) is 0 Å². The Morgan fingerprint density at radius 1 is 1.10 bits per heavy atom. The summed E-state index contributed by atoms with van der Waals surface area (Å²) in [4.78, 5) is 24.0. The number of esters is 1. The van der Waals surface area contributed by atoms with Crippen molar-refractivity contribution < 1.29 is 14.3 Å². The lowest BCUT2D eigenvalue weighted by atomic mass is 9.47. The largest absolute Gasteiger partial charge is 0.461 e. The van der Waals surface area contributed by atoms with E-state index in [1.807, 2.05) is 0 Å². The molecule has 5 nitrogen and oxygen atoms in total. The zero-order chi connectivity index (χ0) is 28.4. The van der Waals surface area contributed by atoms with E-state index >= 15 is 0 Å². The van der Waals surface area contributed by atoms with Gasteiger partial charge in [0, 0.05) is 12.2 Å². The van der Waals surface area contributed by atoms with Gasteiger partial charge in [-0.25, -0.2) is 0 Å². The van der Waals surface area contributed by atoms with Gasteiger partial charge in [-0.15, -0.1) is 11.8 Å². The third-order valence-electron chi connectivity index (χ3n) is 11.8. The molecule has 0 spiro atoms. The molecule has 4 aliphatic rings. The smallest absolute Gasteiger partial charge is 0.316 e. The molecule has 9 atom stereocenters. The SMILES string of the molecule is CNC(CSCC(=O)O[C@H]1CC[C@@]2(C)C(=CC[C@H]3[C@H]4CC[C@H]([C@@H](C)CCCC(C)C)[C@@]4(C)CC[C@H]32)C1)C(N)=O. The molecule has 0 aliphatic heterocycles. The minimum Gasteiger partial charge on any atom is -0.461 e. The van der Waals surface area contributed by atoms with Crippen molar-refractivity contribution in [3.8, 4) is 0 Å². The number of carbonyl (C=O) groups excluding carboxylic acids is 2. The second-order valence-electron chi connectivity index (χ2n) is 14.4. The van der Waals surface area contributed by atoms with Crippen molar-refractivity contribution in [2.24, 2.45) is 52.1 Å². The van der Waals surface area contributed by atoms with Crippen molar-refractivity contribution in [2.75, 3.05) is 18.6 Å². The number of rotatable bonds is 12. The van der Waals surface area contributed by atoms with Crippen LogP contribution >= 0.6 is 11.8 Å². The number of amides is 1. The normalized spacial score (nSPS) is 37.3. The predicted molar refractivity (Wildman–Crippen MR) is 162 cm³/mol. The summed E-state index contributed by atoms with van der Waals surface area (Å²) >= 11 is 1.41. The fraction of sp³-hybridized carbons (Fsp3) is 0.879. The summed E-state index contributed by atoms with van der Waals surface area (Å²) in [6.07, 6.45) is 16.6. The van der Waals surface area contributed by atoms with Crippen LogP contribution in [0.15, 0.2) is 11.6 Å². The number of likely N-dealkylation sites (N-methyl/N-ethyl adjacent to an activating group) is 1. The molecule has 222 valence electrons. The van der Waals surface area contributed by atoms with Crippen LogP contribution in [0.25, 0.3) is 0 Å². The van der Waals surface area contributed by atoms with E-state index in [-0.39, 0.29) is 29.1 Å². The van der Waals surface area contributed by atoms with E-state index < -0.39 is 6.04 Å². The lowest BCUT2D eigenvalue weighted by Crippen LogP contribution is -2.51. The van der Waals surface area contributed by atoms with Crippen LogP contribution in [0.1, 0.15) is 105 Å². The van der Waals surface area contributed by atoms with Gasteiger partial charge in [-0.3, -0.25) is 9.59 Å². The molecule has 1 unspecified atom stereocenters. The van der Waals surface area contributed by atoms with Crippen LogP contribution in [0.3, 0.4) is 0 Å². The number of nitrogens with two attached hydrogens (primary N) is 1. The highest BCUT2D eigenvalue weighted by Crippen LogP contribution is 2.67. The number of allylic oxidation sites excluding steroid dienone is 1. The van der Waals surface area contributed by atoms with E-state index in [1.165, 1.54) is 63.1 Å². The van der Waals surface area contributed by atoms with Crippen LogP contribution in [0.5, 0.6) is 0 Å². The number of fused-ring (bicyclic) bond motifs is 5. The van der Waals surface area contributed by atoms with Crippen molar-refractivity contribution in [3.05, 3.63) is 11.6 Å². The van der Waals surface area contributed by atoms with E-state index in [9.17, 15) is 9.59 Å². The first-order valence-corrected chi connectivity index (χ1v) is 17.1. The molecule has 4 aliphatic carbocycles. The average molecular weight is 561 g/mol. The second kappa shape index (κ2) is 12.9. The fourth-order valence-corrected chi connectivity index (χ4v) is 10.5. The summed E-state index contributed by atoms with van der Waals surface area (Å²) in [6, 6.07) is -0.417. The molecule has 0 aromatic heterocycles. The van der Waals surface area contributed by atoms with E-state index in [2.05, 4.69) is 46.0 Å². The van der Waals surface area contributed by atoms with Crippen molar-refractivity contribution in [1.82, 2.24) is 5.32 Å². The van der Waals surface area contributed by atoms with Gasteiger partial charge >= 0.3 is 5.97 Å². The van der Waals surface area contributed by atoms with Gasteiger partial charge in [0.15, 0.2) is 0 Å². The summed E-state index contributed by atoms with van der Waals surface area (Å²) < 4.78 is 5.93. The Kier molecular flexibility index (Phi) is 10.2. The summed E-state index contributed by atoms with van der Waals surface area (Å²) in [5.41, 5.74) is 7.73. The zero-order valence-electron chi connectivity index (χ0n) is 25.6. The molecule has 3 saturated carbocycles. The molecule has 0 aromatic carbocycles. The topological polar surface area (TPSA) is 81.4 Å². The molecule has 1 amide bonds. The Morgan fingerprint density at radius 2 is 1.87 bits per heavy atom. The number of primary amides is 1. The molecule has 3 N–H and O–H groups in total. The molecule has 39 heavy (non-hydrogen) atoms. The number of nitrogens with one attached hydrogen (secondary N) is 1. The quantitative estimate of drug-likeness (QED) is 0.204. The first-order chi connectivity index (χ1) is 18.5. The molecule has 3 fully saturated rings. The fourth-order valence-electron chi connectivity index (χ4n) is 9.54. The third kappa shape index (κ3) is 6.58. The van der Waals surface area contributed by atoms with Gasteiger partial charge in [-0.1, -0.05) is 65.5 Å². The van der Waals surface area contributed by atoms with Crippen LogP contribution in [0, 0.1) is 46.3 Å². The summed E-state index contributed by atoms with van der Waals surface area (Å²) in [6.45, 7) is 12.5. The lowest BCUT2D eigenvalue weighted by Gasteiger charge is -2.58. The Bertz CT molecular complexity index is 905. The Hall–Kier alpha value is -1.01. The zero-order valence-corrected chi connectivity index (χ0v) is 26.4. The highest BCUT2D eigenvalue weighted by molar-refractivity contribution is 8.00. The average Bonchev–Trinajstić information content (AvgIpc) is 3.23. The molecule has 0 radical (unpaired) electrons. The van der Waals surface area contributed by atoms with Gasteiger partial charge in [0.2, 0.25) is 5.91 Å². The van der Waals surface area contributed by atoms with Crippen molar-refractivity contribution in [2.45, 2.75) is 117 Å². The number of thioether (sulfide) groups is 1.